The van der Waals surface area contributed by atoms with Crippen LogP contribution in [0.5, 0.6) is 0 Å². The summed E-state index contributed by atoms with van der Waals surface area (Å²) in [5.41, 5.74) is 3.26. The van der Waals surface area contributed by atoms with Gasteiger partial charge in [0.2, 0.25) is 0 Å². The Hall–Kier alpha value is -0.300. The first-order valence-corrected chi connectivity index (χ1v) is 6.58. The summed E-state index contributed by atoms with van der Waals surface area (Å²) in [6.45, 7) is 11.5. The zero-order chi connectivity index (χ0) is 10.7. The first-order valence-electron chi connectivity index (χ1n) is 5.76. The van der Waals surface area contributed by atoms with Gasteiger partial charge in [0, 0.05) is 9.75 Å². The molecule has 1 heterocycles. The molecule has 1 heteroatoms. The van der Waals surface area contributed by atoms with Crippen LogP contribution >= 0.6 is 11.3 Å². The van der Waals surface area contributed by atoms with Crippen molar-refractivity contribution in [2.24, 2.45) is 0 Å². The van der Waals surface area contributed by atoms with Crippen LogP contribution in [-0.4, -0.2) is 0 Å². The zero-order valence-corrected chi connectivity index (χ0v) is 10.9. The van der Waals surface area contributed by atoms with Gasteiger partial charge in [-0.1, -0.05) is 27.7 Å². The third-order valence-corrected chi connectivity index (χ3v) is 4.54. The molecular formula is C13H22S. The topological polar surface area (TPSA) is 0 Å². The van der Waals surface area contributed by atoms with Crippen LogP contribution in [0.2, 0.25) is 0 Å². The fourth-order valence-electron chi connectivity index (χ4n) is 2.08. The van der Waals surface area contributed by atoms with Gasteiger partial charge in [-0.2, -0.15) is 0 Å². The Morgan fingerprint density at radius 3 is 2.07 bits per heavy atom. The Morgan fingerprint density at radius 1 is 1.07 bits per heavy atom. The van der Waals surface area contributed by atoms with Crippen LogP contribution in [0.1, 0.15) is 60.9 Å². The summed E-state index contributed by atoms with van der Waals surface area (Å²) in [6.07, 6.45) is 3.66. The summed E-state index contributed by atoms with van der Waals surface area (Å²) in [7, 11) is 0. The average Bonchev–Trinajstić information content (AvgIpc) is 2.53. The van der Waals surface area contributed by atoms with Gasteiger partial charge >= 0.3 is 0 Å². The molecule has 1 aromatic heterocycles. The standard InChI is InChI=1S/C13H22S/c1-6-9(4)13-12(8-3)11(7-2)10(5)14-13/h9H,6-8H2,1-5H3. The molecule has 0 nitrogen and oxygen atoms in total. The van der Waals surface area contributed by atoms with Crippen LogP contribution in [-0.2, 0) is 12.8 Å². The predicted molar refractivity (Wildman–Crippen MR) is 66.5 cm³/mol. The lowest BCUT2D eigenvalue weighted by Crippen LogP contribution is -1.95. The number of thiophene rings is 1. The number of aryl methyl sites for hydroxylation is 1. The molecule has 14 heavy (non-hydrogen) atoms. The van der Waals surface area contributed by atoms with Gasteiger partial charge in [-0.3, -0.25) is 0 Å². The minimum absolute atomic E-state index is 0.744. The molecule has 0 radical (unpaired) electrons. The van der Waals surface area contributed by atoms with Crippen LogP contribution in [0.4, 0.5) is 0 Å². The molecule has 0 aromatic carbocycles. The van der Waals surface area contributed by atoms with E-state index in [-0.39, 0.29) is 0 Å². The molecule has 0 N–H and O–H groups in total. The van der Waals surface area contributed by atoms with E-state index in [0.29, 0.717) is 0 Å². The fourth-order valence-corrected chi connectivity index (χ4v) is 3.56. The monoisotopic (exact) mass is 210 g/mol. The van der Waals surface area contributed by atoms with Gasteiger partial charge in [0.15, 0.2) is 0 Å². The molecule has 1 atom stereocenters. The Kier molecular flexibility index (Phi) is 4.18. The highest BCUT2D eigenvalue weighted by Gasteiger charge is 2.16. The van der Waals surface area contributed by atoms with Crippen molar-refractivity contribution < 1.29 is 0 Å². The maximum Gasteiger partial charge on any atom is 0.0111 e. The third kappa shape index (κ3) is 2.03. The van der Waals surface area contributed by atoms with Crippen molar-refractivity contribution in [2.75, 3.05) is 0 Å². The molecule has 1 aromatic rings. The normalized spacial score (nSPS) is 13.2. The molecule has 1 unspecified atom stereocenters. The van der Waals surface area contributed by atoms with Gasteiger partial charge in [0.1, 0.15) is 0 Å². The molecule has 0 aliphatic heterocycles. The van der Waals surface area contributed by atoms with E-state index in [1.807, 2.05) is 11.3 Å². The van der Waals surface area contributed by atoms with Crippen LogP contribution in [0.3, 0.4) is 0 Å². The summed E-state index contributed by atoms with van der Waals surface area (Å²) >= 11 is 2.02. The highest BCUT2D eigenvalue weighted by Crippen LogP contribution is 2.35. The smallest absolute Gasteiger partial charge is 0.0111 e. The first kappa shape index (κ1) is 11.8. The van der Waals surface area contributed by atoms with Gasteiger partial charge in [-0.25, -0.2) is 0 Å². The lowest BCUT2D eigenvalue weighted by atomic mass is 9.97. The third-order valence-electron chi connectivity index (χ3n) is 3.12. The van der Waals surface area contributed by atoms with E-state index >= 15 is 0 Å². The molecule has 0 saturated heterocycles. The van der Waals surface area contributed by atoms with Crippen molar-refractivity contribution in [1.82, 2.24) is 0 Å². The maximum atomic E-state index is 2.35. The van der Waals surface area contributed by atoms with Gasteiger partial charge < -0.3 is 0 Å². The van der Waals surface area contributed by atoms with E-state index in [4.69, 9.17) is 0 Å². The Morgan fingerprint density at radius 2 is 1.64 bits per heavy atom. The first-order chi connectivity index (χ1) is 6.65. The van der Waals surface area contributed by atoms with Crippen LogP contribution < -0.4 is 0 Å². The summed E-state index contributed by atoms with van der Waals surface area (Å²) in [4.78, 5) is 3.18. The number of rotatable bonds is 4. The summed E-state index contributed by atoms with van der Waals surface area (Å²) in [5, 5.41) is 0. The van der Waals surface area contributed by atoms with Crippen molar-refractivity contribution in [3.05, 3.63) is 20.9 Å². The average molecular weight is 210 g/mol. The van der Waals surface area contributed by atoms with E-state index in [2.05, 4.69) is 34.6 Å². The van der Waals surface area contributed by atoms with Gasteiger partial charge in [-0.05, 0) is 43.2 Å². The van der Waals surface area contributed by atoms with Gasteiger partial charge in [0.25, 0.3) is 0 Å². The minimum Gasteiger partial charge on any atom is -0.145 e. The molecule has 0 aliphatic rings. The van der Waals surface area contributed by atoms with Crippen LogP contribution in [0, 0.1) is 6.92 Å². The molecule has 0 aliphatic carbocycles. The summed E-state index contributed by atoms with van der Waals surface area (Å²) < 4.78 is 0. The van der Waals surface area contributed by atoms with E-state index < -0.39 is 0 Å². The fraction of sp³-hybridized carbons (Fsp3) is 0.692. The molecular weight excluding hydrogens is 188 g/mol. The van der Waals surface area contributed by atoms with Gasteiger partial charge in [0.05, 0.1) is 0 Å². The quantitative estimate of drug-likeness (QED) is 0.676. The predicted octanol–water partition coefficient (Wildman–Crippen LogP) is 4.69. The second-order valence-corrected chi connectivity index (χ2v) is 5.25. The van der Waals surface area contributed by atoms with E-state index in [9.17, 15) is 0 Å². The lowest BCUT2D eigenvalue weighted by Gasteiger charge is -2.09. The largest absolute Gasteiger partial charge is 0.145 e. The maximum absolute atomic E-state index is 2.35. The van der Waals surface area contributed by atoms with Crippen LogP contribution in [0.25, 0.3) is 0 Å². The molecule has 80 valence electrons. The second-order valence-electron chi connectivity index (χ2n) is 4.00. The van der Waals surface area contributed by atoms with E-state index in [0.717, 1.165) is 5.92 Å². The van der Waals surface area contributed by atoms with Crippen LogP contribution in [0.15, 0.2) is 0 Å². The molecule has 0 bridgehead atoms. The molecule has 0 fully saturated rings. The Balaban J connectivity index is 3.16. The van der Waals surface area contributed by atoms with Crippen molar-refractivity contribution in [1.29, 1.82) is 0 Å². The minimum atomic E-state index is 0.744. The Bertz CT molecular complexity index is 296. The van der Waals surface area contributed by atoms with E-state index in [1.54, 1.807) is 20.9 Å². The highest BCUT2D eigenvalue weighted by molar-refractivity contribution is 7.12. The molecule has 0 spiro atoms. The zero-order valence-electron chi connectivity index (χ0n) is 10.1. The molecule has 0 amide bonds. The van der Waals surface area contributed by atoms with Crippen molar-refractivity contribution >= 4 is 11.3 Å². The number of hydrogen-bond donors (Lipinski definition) is 0. The molecule has 1 rings (SSSR count). The van der Waals surface area contributed by atoms with Gasteiger partial charge in [-0.15, -0.1) is 11.3 Å². The lowest BCUT2D eigenvalue weighted by molar-refractivity contribution is 0.737. The Labute approximate surface area is 92.4 Å². The number of hydrogen-bond acceptors (Lipinski definition) is 1. The second kappa shape index (κ2) is 4.97. The highest BCUT2D eigenvalue weighted by atomic mass is 32.1. The molecule has 0 saturated carbocycles. The van der Waals surface area contributed by atoms with E-state index in [1.165, 1.54) is 19.3 Å². The SMILES string of the molecule is CCc1c(C)sc(C(C)CC)c1CC. The summed E-state index contributed by atoms with van der Waals surface area (Å²) in [6, 6.07) is 0. The van der Waals surface area contributed by atoms with Crippen molar-refractivity contribution in [3.63, 3.8) is 0 Å². The van der Waals surface area contributed by atoms with Crippen molar-refractivity contribution in [3.8, 4) is 0 Å². The van der Waals surface area contributed by atoms with Crippen molar-refractivity contribution in [2.45, 2.75) is 59.8 Å². The summed E-state index contributed by atoms with van der Waals surface area (Å²) in [5.74, 6) is 0.744.